The fourth-order valence-corrected chi connectivity index (χ4v) is 2.94. The molecule has 0 radical (unpaired) electrons. The summed E-state index contributed by atoms with van der Waals surface area (Å²) in [6, 6.07) is 11.4. The van der Waals surface area contributed by atoms with Crippen LogP contribution in [0.15, 0.2) is 53.4 Å². The van der Waals surface area contributed by atoms with Crippen molar-refractivity contribution >= 4 is 21.4 Å². The Morgan fingerprint density at radius 2 is 1.86 bits per heavy atom. The Hall–Kier alpha value is -2.21. The van der Waals surface area contributed by atoms with Gasteiger partial charge >= 0.3 is 0 Å². The molecule has 0 unspecified atom stereocenters. The molecule has 1 N–H and O–H groups in total. The molecule has 0 aliphatic carbocycles. The zero-order valence-electron chi connectivity index (χ0n) is 11.3. The van der Waals surface area contributed by atoms with Crippen LogP contribution in [0.3, 0.4) is 0 Å². The van der Waals surface area contributed by atoms with Crippen molar-refractivity contribution in [3.63, 3.8) is 0 Å². The quantitative estimate of drug-likeness (QED) is 0.944. The van der Waals surface area contributed by atoms with E-state index in [2.05, 4.69) is 5.32 Å². The largest absolute Gasteiger partial charge is 0.322 e. The predicted octanol–water partition coefficient (Wildman–Crippen LogP) is 2.87. The second kappa shape index (κ2) is 6.05. The van der Waals surface area contributed by atoms with E-state index >= 15 is 0 Å². The van der Waals surface area contributed by atoms with Crippen LogP contribution in [0.4, 0.5) is 10.1 Å². The second-order valence-electron chi connectivity index (χ2n) is 4.36. The molecule has 2 rings (SSSR count). The number of anilines is 1. The van der Waals surface area contributed by atoms with E-state index in [1.54, 1.807) is 12.1 Å². The van der Waals surface area contributed by atoms with E-state index in [0.717, 1.165) is 6.07 Å². The molecular weight excluding hydrogens is 293 g/mol. The first-order chi connectivity index (χ1) is 9.94. The standard InChI is InChI=1S/C15H14FNO3S/c1-2-21(19,20)14-9-4-3-8-13(14)15(18)17-12-7-5-6-11(16)10-12/h3-10H,2H2,1H3,(H,17,18). The molecule has 21 heavy (non-hydrogen) atoms. The second-order valence-corrected chi connectivity index (χ2v) is 6.61. The van der Waals surface area contributed by atoms with Gasteiger partial charge in [-0.15, -0.1) is 0 Å². The Morgan fingerprint density at radius 3 is 2.52 bits per heavy atom. The van der Waals surface area contributed by atoms with Gasteiger partial charge in [0.05, 0.1) is 16.2 Å². The molecule has 0 saturated carbocycles. The number of halogens is 1. The summed E-state index contributed by atoms with van der Waals surface area (Å²) in [7, 11) is -3.51. The van der Waals surface area contributed by atoms with Crippen LogP contribution in [0.5, 0.6) is 0 Å². The minimum Gasteiger partial charge on any atom is -0.322 e. The summed E-state index contributed by atoms with van der Waals surface area (Å²) in [5.41, 5.74) is 0.312. The third kappa shape index (κ3) is 3.46. The maximum Gasteiger partial charge on any atom is 0.256 e. The average Bonchev–Trinajstić information content (AvgIpc) is 2.47. The lowest BCUT2D eigenvalue weighted by molar-refractivity contribution is 0.102. The summed E-state index contributed by atoms with van der Waals surface area (Å²) in [4.78, 5) is 12.2. The Bertz CT molecular complexity index is 772. The van der Waals surface area contributed by atoms with Crippen LogP contribution >= 0.6 is 0 Å². The zero-order chi connectivity index (χ0) is 15.5. The number of hydrogen-bond donors (Lipinski definition) is 1. The lowest BCUT2D eigenvalue weighted by Crippen LogP contribution is -2.17. The molecule has 0 bridgehead atoms. The van der Waals surface area contributed by atoms with Crippen LogP contribution in [0.1, 0.15) is 17.3 Å². The van der Waals surface area contributed by atoms with Crippen molar-refractivity contribution in [3.8, 4) is 0 Å². The predicted molar refractivity (Wildman–Crippen MR) is 78.5 cm³/mol. The molecule has 0 saturated heterocycles. The number of benzene rings is 2. The van der Waals surface area contributed by atoms with Crippen molar-refractivity contribution in [2.45, 2.75) is 11.8 Å². The van der Waals surface area contributed by atoms with Crippen molar-refractivity contribution in [1.82, 2.24) is 0 Å². The van der Waals surface area contributed by atoms with Gasteiger partial charge in [0.25, 0.3) is 5.91 Å². The van der Waals surface area contributed by atoms with Gasteiger partial charge in [0.15, 0.2) is 9.84 Å². The summed E-state index contributed by atoms with van der Waals surface area (Å²) in [6.07, 6.45) is 0. The molecule has 0 atom stereocenters. The van der Waals surface area contributed by atoms with E-state index in [0.29, 0.717) is 0 Å². The van der Waals surface area contributed by atoms with E-state index in [-0.39, 0.29) is 21.9 Å². The van der Waals surface area contributed by atoms with Gasteiger partial charge in [0.2, 0.25) is 0 Å². The van der Waals surface area contributed by atoms with Crippen molar-refractivity contribution < 1.29 is 17.6 Å². The topological polar surface area (TPSA) is 63.2 Å². The normalized spacial score (nSPS) is 11.1. The lowest BCUT2D eigenvalue weighted by atomic mass is 10.2. The van der Waals surface area contributed by atoms with Gasteiger partial charge in [-0.25, -0.2) is 12.8 Å². The Kier molecular flexibility index (Phi) is 4.37. The molecule has 110 valence electrons. The van der Waals surface area contributed by atoms with Crippen molar-refractivity contribution in [3.05, 3.63) is 59.9 Å². The molecule has 4 nitrogen and oxygen atoms in total. The molecule has 1 amide bonds. The van der Waals surface area contributed by atoms with Crippen LogP contribution in [0.25, 0.3) is 0 Å². The maximum atomic E-state index is 13.1. The van der Waals surface area contributed by atoms with Crippen LogP contribution in [0.2, 0.25) is 0 Å². The fraction of sp³-hybridized carbons (Fsp3) is 0.133. The fourth-order valence-electron chi connectivity index (χ4n) is 1.85. The highest BCUT2D eigenvalue weighted by molar-refractivity contribution is 7.91. The molecule has 0 spiro atoms. The summed E-state index contributed by atoms with van der Waals surface area (Å²) >= 11 is 0. The SMILES string of the molecule is CCS(=O)(=O)c1ccccc1C(=O)Nc1cccc(F)c1. The molecule has 2 aromatic rings. The van der Waals surface area contributed by atoms with E-state index in [1.165, 1.54) is 37.3 Å². The molecule has 0 heterocycles. The summed E-state index contributed by atoms with van der Waals surface area (Å²) in [5.74, 6) is -1.17. The number of sulfone groups is 1. The number of amides is 1. The van der Waals surface area contributed by atoms with Crippen molar-refractivity contribution in [2.75, 3.05) is 11.1 Å². The number of nitrogens with one attached hydrogen (secondary N) is 1. The monoisotopic (exact) mass is 307 g/mol. The number of carbonyl (C=O) groups excluding carboxylic acids is 1. The van der Waals surface area contributed by atoms with Gasteiger partial charge < -0.3 is 5.32 Å². The Labute approximate surface area is 122 Å². The maximum absolute atomic E-state index is 13.1. The van der Waals surface area contributed by atoms with Crippen LogP contribution in [-0.2, 0) is 9.84 Å². The zero-order valence-corrected chi connectivity index (χ0v) is 12.2. The highest BCUT2D eigenvalue weighted by Crippen LogP contribution is 2.19. The molecule has 0 fully saturated rings. The van der Waals surface area contributed by atoms with E-state index in [1.807, 2.05) is 0 Å². The molecular formula is C15H14FNO3S. The summed E-state index contributed by atoms with van der Waals surface area (Å²) in [6.45, 7) is 1.51. The average molecular weight is 307 g/mol. The van der Waals surface area contributed by atoms with Crippen LogP contribution in [0, 0.1) is 5.82 Å². The number of rotatable bonds is 4. The van der Waals surface area contributed by atoms with E-state index < -0.39 is 21.6 Å². The third-order valence-electron chi connectivity index (χ3n) is 2.93. The molecule has 6 heteroatoms. The van der Waals surface area contributed by atoms with Crippen molar-refractivity contribution in [1.29, 1.82) is 0 Å². The summed E-state index contributed by atoms with van der Waals surface area (Å²) in [5, 5.41) is 2.49. The Balaban J connectivity index is 2.37. The first-order valence-corrected chi connectivity index (χ1v) is 7.98. The van der Waals surface area contributed by atoms with Crippen LogP contribution in [-0.4, -0.2) is 20.1 Å². The minimum atomic E-state index is -3.51. The first-order valence-electron chi connectivity index (χ1n) is 6.33. The molecule has 2 aromatic carbocycles. The Morgan fingerprint density at radius 1 is 1.14 bits per heavy atom. The highest BCUT2D eigenvalue weighted by atomic mass is 32.2. The molecule has 0 aromatic heterocycles. The van der Waals surface area contributed by atoms with E-state index in [4.69, 9.17) is 0 Å². The van der Waals surface area contributed by atoms with Gasteiger partial charge in [-0.3, -0.25) is 4.79 Å². The van der Waals surface area contributed by atoms with Gasteiger partial charge in [0.1, 0.15) is 5.82 Å². The van der Waals surface area contributed by atoms with Gasteiger partial charge in [-0.1, -0.05) is 25.1 Å². The number of hydrogen-bond acceptors (Lipinski definition) is 3. The summed E-state index contributed by atoms with van der Waals surface area (Å²) < 4.78 is 37.1. The number of carbonyl (C=O) groups is 1. The third-order valence-corrected chi connectivity index (χ3v) is 4.72. The lowest BCUT2D eigenvalue weighted by Gasteiger charge is -2.10. The molecule has 0 aliphatic heterocycles. The van der Waals surface area contributed by atoms with E-state index in [9.17, 15) is 17.6 Å². The molecule has 0 aliphatic rings. The van der Waals surface area contributed by atoms with Crippen molar-refractivity contribution in [2.24, 2.45) is 0 Å². The highest BCUT2D eigenvalue weighted by Gasteiger charge is 2.20. The van der Waals surface area contributed by atoms with Gasteiger partial charge in [0, 0.05) is 5.69 Å². The van der Waals surface area contributed by atoms with Crippen LogP contribution < -0.4 is 5.32 Å². The first kappa shape index (κ1) is 15.2. The van der Waals surface area contributed by atoms with Gasteiger partial charge in [-0.05, 0) is 30.3 Å². The smallest absolute Gasteiger partial charge is 0.256 e. The minimum absolute atomic E-state index is 0.0265. The van der Waals surface area contributed by atoms with Gasteiger partial charge in [-0.2, -0.15) is 0 Å².